The molecule has 0 aliphatic carbocycles. The Morgan fingerprint density at radius 3 is 2.42 bits per heavy atom. The Kier molecular flexibility index (Phi) is 4.76. The molecule has 24 heavy (non-hydrogen) atoms. The standard InChI is InChI=1S/C18H21FN2O2S/c1-14-4-6-15(7-5-14)13-24(22,23)20-18-12-16(8-9-17(18)19)21-10-2-3-11-21/h4-9,12,20H,2-3,10-11,13H2,1H3. The Morgan fingerprint density at radius 2 is 1.75 bits per heavy atom. The molecule has 2 aromatic rings. The van der Waals surface area contributed by atoms with Crippen LogP contribution in [0.15, 0.2) is 42.5 Å². The molecule has 1 heterocycles. The van der Waals surface area contributed by atoms with Gasteiger partial charge in [0.05, 0.1) is 11.4 Å². The Hall–Kier alpha value is -2.08. The average Bonchev–Trinajstić information content (AvgIpc) is 3.06. The number of aryl methyl sites for hydroxylation is 1. The van der Waals surface area contributed by atoms with E-state index in [4.69, 9.17) is 0 Å². The molecule has 4 nitrogen and oxygen atoms in total. The summed E-state index contributed by atoms with van der Waals surface area (Å²) in [5.41, 5.74) is 2.59. The minimum atomic E-state index is -3.67. The summed E-state index contributed by atoms with van der Waals surface area (Å²) >= 11 is 0. The second kappa shape index (κ2) is 6.81. The molecule has 0 saturated carbocycles. The highest BCUT2D eigenvalue weighted by Crippen LogP contribution is 2.26. The lowest BCUT2D eigenvalue weighted by Crippen LogP contribution is -2.19. The topological polar surface area (TPSA) is 49.4 Å². The number of halogens is 1. The van der Waals surface area contributed by atoms with Gasteiger partial charge < -0.3 is 4.90 Å². The van der Waals surface area contributed by atoms with E-state index in [2.05, 4.69) is 9.62 Å². The third-order valence-electron chi connectivity index (χ3n) is 4.16. The summed E-state index contributed by atoms with van der Waals surface area (Å²) in [6.07, 6.45) is 2.21. The van der Waals surface area contributed by atoms with Crippen LogP contribution in [0.5, 0.6) is 0 Å². The molecule has 1 aliphatic rings. The number of sulfonamides is 1. The molecule has 1 N–H and O–H groups in total. The molecule has 3 rings (SSSR count). The van der Waals surface area contributed by atoms with E-state index >= 15 is 0 Å². The number of nitrogens with zero attached hydrogens (tertiary/aromatic N) is 1. The molecule has 0 spiro atoms. The largest absolute Gasteiger partial charge is 0.371 e. The van der Waals surface area contributed by atoms with Gasteiger partial charge in [-0.05, 0) is 43.5 Å². The van der Waals surface area contributed by atoms with E-state index in [-0.39, 0.29) is 11.4 Å². The van der Waals surface area contributed by atoms with Crippen molar-refractivity contribution < 1.29 is 12.8 Å². The van der Waals surface area contributed by atoms with Crippen LogP contribution in [0.3, 0.4) is 0 Å². The fourth-order valence-corrected chi connectivity index (χ4v) is 4.07. The summed E-state index contributed by atoms with van der Waals surface area (Å²) in [4.78, 5) is 2.14. The van der Waals surface area contributed by atoms with E-state index in [1.54, 1.807) is 24.3 Å². The van der Waals surface area contributed by atoms with Crippen molar-refractivity contribution in [2.24, 2.45) is 0 Å². The highest BCUT2D eigenvalue weighted by Gasteiger charge is 2.18. The second-order valence-electron chi connectivity index (χ2n) is 6.21. The van der Waals surface area contributed by atoms with Gasteiger partial charge in [0.2, 0.25) is 10.0 Å². The highest BCUT2D eigenvalue weighted by atomic mass is 32.2. The summed E-state index contributed by atoms with van der Waals surface area (Å²) in [5, 5.41) is 0. The van der Waals surface area contributed by atoms with Crippen molar-refractivity contribution in [3.63, 3.8) is 0 Å². The zero-order valence-corrected chi connectivity index (χ0v) is 14.4. The number of anilines is 2. The number of nitrogens with one attached hydrogen (secondary N) is 1. The molecule has 0 bridgehead atoms. The first-order valence-electron chi connectivity index (χ1n) is 8.03. The molecule has 6 heteroatoms. The van der Waals surface area contributed by atoms with Crippen LogP contribution in [0.4, 0.5) is 15.8 Å². The Bertz CT molecular complexity index is 813. The zero-order valence-electron chi connectivity index (χ0n) is 13.6. The Labute approximate surface area is 142 Å². The van der Waals surface area contributed by atoms with Gasteiger partial charge in [0.15, 0.2) is 0 Å². The normalized spacial score (nSPS) is 14.8. The van der Waals surface area contributed by atoms with Crippen molar-refractivity contribution in [3.05, 3.63) is 59.4 Å². The maximum Gasteiger partial charge on any atom is 0.237 e. The van der Waals surface area contributed by atoms with Crippen molar-refractivity contribution in [2.75, 3.05) is 22.7 Å². The second-order valence-corrected chi connectivity index (χ2v) is 7.93. The smallest absolute Gasteiger partial charge is 0.237 e. The minimum absolute atomic E-state index is 0.00603. The molecule has 1 aliphatic heterocycles. The fourth-order valence-electron chi connectivity index (χ4n) is 2.87. The van der Waals surface area contributed by atoms with Gasteiger partial charge in [-0.15, -0.1) is 0 Å². The SMILES string of the molecule is Cc1ccc(CS(=O)(=O)Nc2cc(N3CCCC3)ccc2F)cc1. The molecule has 128 valence electrons. The van der Waals surface area contributed by atoms with Crippen LogP contribution < -0.4 is 9.62 Å². The van der Waals surface area contributed by atoms with Gasteiger partial charge in [-0.25, -0.2) is 12.8 Å². The van der Waals surface area contributed by atoms with Gasteiger partial charge in [-0.1, -0.05) is 29.8 Å². The van der Waals surface area contributed by atoms with Gasteiger partial charge in [-0.3, -0.25) is 4.72 Å². The van der Waals surface area contributed by atoms with E-state index < -0.39 is 15.8 Å². The van der Waals surface area contributed by atoms with E-state index in [1.807, 2.05) is 19.1 Å². The molecule has 0 amide bonds. The van der Waals surface area contributed by atoms with Crippen molar-refractivity contribution >= 4 is 21.4 Å². The number of hydrogen-bond acceptors (Lipinski definition) is 3. The van der Waals surface area contributed by atoms with Crippen LogP contribution in [0.1, 0.15) is 24.0 Å². The van der Waals surface area contributed by atoms with Gasteiger partial charge in [0, 0.05) is 18.8 Å². The fraction of sp³-hybridized carbons (Fsp3) is 0.333. The molecule has 1 saturated heterocycles. The molecule has 0 atom stereocenters. The summed E-state index contributed by atoms with van der Waals surface area (Å²) in [6.45, 7) is 3.78. The van der Waals surface area contributed by atoms with E-state index in [0.29, 0.717) is 5.56 Å². The Morgan fingerprint density at radius 1 is 1.08 bits per heavy atom. The maximum absolute atomic E-state index is 14.0. The van der Waals surface area contributed by atoms with Crippen LogP contribution in [-0.2, 0) is 15.8 Å². The predicted molar refractivity (Wildman–Crippen MR) is 95.3 cm³/mol. The molecule has 0 aromatic heterocycles. The van der Waals surface area contributed by atoms with Gasteiger partial charge in [-0.2, -0.15) is 0 Å². The zero-order chi connectivity index (χ0) is 17.2. The first kappa shape index (κ1) is 16.8. The molecule has 2 aromatic carbocycles. The third kappa shape index (κ3) is 4.06. The summed E-state index contributed by atoms with van der Waals surface area (Å²) in [6, 6.07) is 11.8. The summed E-state index contributed by atoms with van der Waals surface area (Å²) in [5.74, 6) is -0.744. The number of benzene rings is 2. The lowest BCUT2D eigenvalue weighted by Gasteiger charge is -2.19. The van der Waals surface area contributed by atoms with E-state index in [1.165, 1.54) is 6.07 Å². The lowest BCUT2D eigenvalue weighted by molar-refractivity contribution is 0.598. The van der Waals surface area contributed by atoms with Crippen molar-refractivity contribution in [1.82, 2.24) is 0 Å². The van der Waals surface area contributed by atoms with Gasteiger partial charge in [0.1, 0.15) is 5.82 Å². The molecule has 0 radical (unpaired) electrons. The summed E-state index contributed by atoms with van der Waals surface area (Å²) in [7, 11) is -3.67. The quantitative estimate of drug-likeness (QED) is 0.897. The van der Waals surface area contributed by atoms with Crippen molar-refractivity contribution in [2.45, 2.75) is 25.5 Å². The maximum atomic E-state index is 14.0. The minimum Gasteiger partial charge on any atom is -0.371 e. The third-order valence-corrected chi connectivity index (χ3v) is 5.41. The molecular weight excluding hydrogens is 327 g/mol. The number of rotatable bonds is 5. The average molecular weight is 348 g/mol. The van der Waals surface area contributed by atoms with E-state index in [0.717, 1.165) is 37.2 Å². The first-order valence-corrected chi connectivity index (χ1v) is 9.69. The van der Waals surface area contributed by atoms with Crippen LogP contribution in [0.2, 0.25) is 0 Å². The first-order chi connectivity index (χ1) is 11.4. The van der Waals surface area contributed by atoms with E-state index in [9.17, 15) is 12.8 Å². The number of hydrogen-bond donors (Lipinski definition) is 1. The lowest BCUT2D eigenvalue weighted by atomic mass is 10.2. The van der Waals surface area contributed by atoms with Crippen LogP contribution >= 0.6 is 0 Å². The summed E-state index contributed by atoms with van der Waals surface area (Å²) < 4.78 is 41.1. The predicted octanol–water partition coefficient (Wildman–Crippen LogP) is 3.68. The van der Waals surface area contributed by atoms with Crippen molar-refractivity contribution in [1.29, 1.82) is 0 Å². The van der Waals surface area contributed by atoms with Crippen LogP contribution in [-0.4, -0.2) is 21.5 Å². The Balaban J connectivity index is 1.78. The van der Waals surface area contributed by atoms with Crippen LogP contribution in [0.25, 0.3) is 0 Å². The highest BCUT2D eigenvalue weighted by molar-refractivity contribution is 7.91. The molecule has 0 unspecified atom stereocenters. The monoisotopic (exact) mass is 348 g/mol. The molecule has 1 fully saturated rings. The van der Waals surface area contributed by atoms with Crippen molar-refractivity contribution in [3.8, 4) is 0 Å². The van der Waals surface area contributed by atoms with Gasteiger partial charge >= 0.3 is 0 Å². The molecular formula is C18H21FN2O2S. The van der Waals surface area contributed by atoms with Gasteiger partial charge in [0.25, 0.3) is 0 Å². The van der Waals surface area contributed by atoms with Crippen LogP contribution in [0, 0.1) is 12.7 Å².